The number of hydrogen-bond acceptors (Lipinski definition) is 5. The summed E-state index contributed by atoms with van der Waals surface area (Å²) in [5.41, 5.74) is 7.84. The van der Waals surface area contributed by atoms with Gasteiger partial charge in [0.05, 0.1) is 17.2 Å². The predicted octanol–water partition coefficient (Wildman–Crippen LogP) is 4.74. The Bertz CT molecular complexity index is 1460. The molecule has 6 nitrogen and oxygen atoms in total. The molecule has 2 aromatic heterocycles. The number of pyridine rings is 1. The summed E-state index contributed by atoms with van der Waals surface area (Å²) in [7, 11) is 0. The molecule has 1 saturated carbocycles. The van der Waals surface area contributed by atoms with Crippen LogP contribution in [0.4, 0.5) is 14.5 Å². The molecule has 0 unspecified atom stereocenters. The van der Waals surface area contributed by atoms with Crippen molar-refractivity contribution in [2.45, 2.75) is 44.7 Å². The van der Waals surface area contributed by atoms with E-state index in [9.17, 15) is 13.6 Å². The quantitative estimate of drug-likeness (QED) is 0.453. The molecule has 0 amide bonds. The van der Waals surface area contributed by atoms with Gasteiger partial charge in [0.25, 0.3) is 5.56 Å². The number of benzene rings is 2. The number of oxazole rings is 1. The lowest BCUT2D eigenvalue weighted by atomic mass is 9.96. The van der Waals surface area contributed by atoms with Crippen molar-refractivity contribution in [2.75, 3.05) is 12.3 Å². The molecule has 164 valence electrons. The highest BCUT2D eigenvalue weighted by Crippen LogP contribution is 2.41. The molecule has 8 heteroatoms. The molecule has 0 bridgehead atoms. The third kappa shape index (κ3) is 2.79. The van der Waals surface area contributed by atoms with Crippen LogP contribution in [0.25, 0.3) is 33.1 Å². The van der Waals surface area contributed by atoms with Gasteiger partial charge < -0.3 is 20.0 Å². The maximum absolute atomic E-state index is 14.7. The van der Waals surface area contributed by atoms with E-state index in [-0.39, 0.29) is 28.9 Å². The van der Waals surface area contributed by atoms with Crippen molar-refractivity contribution in [1.82, 2.24) is 14.9 Å². The average Bonchev–Trinajstić information content (AvgIpc) is 3.25. The standard InChI is InChI=1S/C24H22F2N4O2/c1-11-13(15-9-17(26)18(27)10-16(15)25)6-7-14-21(11)30(12-4-5-12)24(31)20-22(14)32-23(29-20)19-3-2-8-28-19/h6-7,9-10,12,19,28H,2-5,8,27H2,1H3/t19-/m1/s1. The second-order valence-corrected chi connectivity index (χ2v) is 8.77. The van der Waals surface area contributed by atoms with Gasteiger partial charge in [-0.1, -0.05) is 6.07 Å². The lowest BCUT2D eigenvalue weighted by Gasteiger charge is -2.16. The second kappa shape index (κ2) is 6.87. The zero-order valence-electron chi connectivity index (χ0n) is 17.5. The zero-order chi connectivity index (χ0) is 22.1. The van der Waals surface area contributed by atoms with Crippen molar-refractivity contribution in [3.05, 3.63) is 57.7 Å². The molecule has 3 N–H and O–H groups in total. The number of aryl methyl sites for hydroxylation is 1. The fraction of sp³-hybridized carbons (Fsp3) is 0.333. The number of aromatic nitrogens is 2. The van der Waals surface area contributed by atoms with Crippen LogP contribution in [0.2, 0.25) is 0 Å². The van der Waals surface area contributed by atoms with E-state index in [4.69, 9.17) is 10.2 Å². The second-order valence-electron chi connectivity index (χ2n) is 8.77. The third-order valence-electron chi connectivity index (χ3n) is 6.63. The van der Waals surface area contributed by atoms with E-state index >= 15 is 0 Å². The monoisotopic (exact) mass is 436 g/mol. The third-order valence-corrected chi connectivity index (χ3v) is 6.63. The van der Waals surface area contributed by atoms with Crippen molar-refractivity contribution in [2.24, 2.45) is 0 Å². The van der Waals surface area contributed by atoms with Crippen molar-refractivity contribution >= 4 is 27.7 Å². The zero-order valence-corrected chi connectivity index (χ0v) is 17.5. The Morgan fingerprint density at radius 1 is 1.16 bits per heavy atom. The molecule has 1 aliphatic carbocycles. The summed E-state index contributed by atoms with van der Waals surface area (Å²) < 4.78 is 36.8. The molecular weight excluding hydrogens is 414 g/mol. The van der Waals surface area contributed by atoms with Gasteiger partial charge in [0.15, 0.2) is 11.1 Å². The molecule has 2 aliphatic rings. The van der Waals surface area contributed by atoms with Crippen molar-refractivity contribution in [3.63, 3.8) is 0 Å². The molecule has 3 heterocycles. The number of halogens is 2. The maximum Gasteiger partial charge on any atom is 0.281 e. The van der Waals surface area contributed by atoms with Crippen LogP contribution in [0.1, 0.15) is 49.2 Å². The summed E-state index contributed by atoms with van der Waals surface area (Å²) in [6.45, 7) is 2.72. The smallest absolute Gasteiger partial charge is 0.281 e. The number of fused-ring (bicyclic) bond motifs is 3. The summed E-state index contributed by atoms with van der Waals surface area (Å²) in [6, 6.07) is 5.71. The minimum Gasteiger partial charge on any atom is -0.438 e. The van der Waals surface area contributed by atoms with Gasteiger partial charge in [-0.05, 0) is 62.4 Å². The Kier molecular flexibility index (Phi) is 4.17. The molecule has 1 aliphatic heterocycles. The van der Waals surface area contributed by atoms with Crippen LogP contribution in [0, 0.1) is 18.6 Å². The summed E-state index contributed by atoms with van der Waals surface area (Å²) in [5, 5.41) is 4.11. The summed E-state index contributed by atoms with van der Waals surface area (Å²) in [5.74, 6) is -0.764. The van der Waals surface area contributed by atoms with Crippen molar-refractivity contribution in [1.29, 1.82) is 0 Å². The molecule has 0 spiro atoms. The predicted molar refractivity (Wildman–Crippen MR) is 119 cm³/mol. The Morgan fingerprint density at radius 3 is 2.69 bits per heavy atom. The van der Waals surface area contributed by atoms with E-state index in [1.54, 1.807) is 10.6 Å². The van der Waals surface area contributed by atoms with E-state index in [0.717, 1.165) is 49.7 Å². The first kappa shape index (κ1) is 19.4. The number of nitrogen functional groups attached to an aromatic ring is 1. The number of rotatable bonds is 3. The number of hydrogen-bond donors (Lipinski definition) is 2. The average molecular weight is 436 g/mol. The summed E-state index contributed by atoms with van der Waals surface area (Å²) in [4.78, 5) is 18.1. The first-order chi connectivity index (χ1) is 15.4. The van der Waals surface area contributed by atoms with Crippen LogP contribution in [-0.2, 0) is 0 Å². The van der Waals surface area contributed by atoms with Crippen LogP contribution in [-0.4, -0.2) is 16.1 Å². The highest BCUT2D eigenvalue weighted by atomic mass is 19.1. The molecule has 1 atom stereocenters. The minimum absolute atomic E-state index is 0.00144. The van der Waals surface area contributed by atoms with Gasteiger partial charge >= 0.3 is 0 Å². The fourth-order valence-corrected chi connectivity index (χ4v) is 4.86. The van der Waals surface area contributed by atoms with E-state index in [0.29, 0.717) is 33.6 Å². The number of anilines is 1. The molecular formula is C24H22F2N4O2. The Hall–Kier alpha value is -3.26. The molecule has 32 heavy (non-hydrogen) atoms. The van der Waals surface area contributed by atoms with Crippen LogP contribution < -0.4 is 16.6 Å². The SMILES string of the molecule is Cc1c(-c2cc(F)c(N)cc2F)ccc2c3oc([C@H]4CCCN4)nc3c(=O)n(C3CC3)c12. The van der Waals surface area contributed by atoms with Crippen LogP contribution in [0.15, 0.2) is 33.5 Å². The largest absolute Gasteiger partial charge is 0.438 e. The maximum atomic E-state index is 14.7. The topological polar surface area (TPSA) is 86.1 Å². The Morgan fingerprint density at radius 2 is 1.97 bits per heavy atom. The first-order valence-electron chi connectivity index (χ1n) is 10.9. The van der Waals surface area contributed by atoms with Crippen molar-refractivity contribution < 1.29 is 13.2 Å². The first-order valence-corrected chi connectivity index (χ1v) is 10.9. The summed E-state index contributed by atoms with van der Waals surface area (Å²) >= 11 is 0. The van der Waals surface area contributed by atoms with Gasteiger partial charge in [-0.2, -0.15) is 0 Å². The Balaban J connectivity index is 1.66. The fourth-order valence-electron chi connectivity index (χ4n) is 4.86. The Labute approximate surface area is 182 Å². The molecule has 6 rings (SSSR count). The molecule has 2 fully saturated rings. The van der Waals surface area contributed by atoms with Gasteiger partial charge in [-0.25, -0.2) is 13.8 Å². The molecule has 4 aromatic rings. The number of nitrogens with zero attached hydrogens (tertiary/aromatic N) is 2. The lowest BCUT2D eigenvalue weighted by Crippen LogP contribution is -2.21. The van der Waals surface area contributed by atoms with E-state index in [1.165, 1.54) is 0 Å². The summed E-state index contributed by atoms with van der Waals surface area (Å²) in [6.07, 6.45) is 3.73. The molecule has 0 radical (unpaired) electrons. The van der Waals surface area contributed by atoms with Crippen molar-refractivity contribution in [3.8, 4) is 11.1 Å². The van der Waals surface area contributed by atoms with E-state index in [1.807, 2.05) is 13.0 Å². The van der Waals surface area contributed by atoms with Gasteiger partial charge in [0.1, 0.15) is 11.6 Å². The van der Waals surface area contributed by atoms with Crippen LogP contribution in [0.5, 0.6) is 0 Å². The van der Waals surface area contributed by atoms with Gasteiger partial charge in [0.2, 0.25) is 5.89 Å². The van der Waals surface area contributed by atoms with Gasteiger partial charge in [0, 0.05) is 23.1 Å². The van der Waals surface area contributed by atoms with E-state index < -0.39 is 11.6 Å². The number of nitrogens with two attached hydrogens (primary N) is 1. The van der Waals surface area contributed by atoms with E-state index in [2.05, 4.69) is 10.3 Å². The minimum atomic E-state index is -0.681. The van der Waals surface area contributed by atoms with Gasteiger partial charge in [-0.15, -0.1) is 0 Å². The molecule has 1 saturated heterocycles. The molecule has 2 aromatic carbocycles. The lowest BCUT2D eigenvalue weighted by molar-refractivity contribution is 0.453. The normalized spacial score (nSPS) is 18.8. The van der Waals surface area contributed by atoms with Crippen LogP contribution >= 0.6 is 0 Å². The number of nitrogens with one attached hydrogen (secondary N) is 1. The van der Waals surface area contributed by atoms with Crippen LogP contribution in [0.3, 0.4) is 0 Å². The highest BCUT2D eigenvalue weighted by Gasteiger charge is 2.31. The van der Waals surface area contributed by atoms with Gasteiger partial charge in [-0.3, -0.25) is 4.79 Å². The highest BCUT2D eigenvalue weighted by molar-refractivity contribution is 6.04.